The number of anilines is 1. The summed E-state index contributed by atoms with van der Waals surface area (Å²) in [6, 6.07) is 6.45. The van der Waals surface area contributed by atoms with Gasteiger partial charge in [-0.3, -0.25) is 20.0 Å². The van der Waals surface area contributed by atoms with Gasteiger partial charge in [-0.1, -0.05) is 0 Å². The first-order valence-electron chi connectivity index (χ1n) is 7.07. The zero-order chi connectivity index (χ0) is 16.8. The number of aromatic amines is 1. The van der Waals surface area contributed by atoms with Crippen molar-refractivity contribution in [2.45, 2.75) is 13.8 Å². The first-order chi connectivity index (χ1) is 11.1. The minimum Gasteiger partial charge on any atom is -0.478 e. The highest BCUT2D eigenvalue weighted by Gasteiger charge is 2.15. The summed E-state index contributed by atoms with van der Waals surface area (Å²) in [5.74, 6) is 0.126. The number of amides is 1. The zero-order valence-corrected chi connectivity index (χ0v) is 12.8. The van der Waals surface area contributed by atoms with Crippen LogP contribution in [0.25, 0.3) is 5.69 Å². The fraction of sp³-hybridized carbons (Fsp3) is 0.267. The van der Waals surface area contributed by atoms with Crippen LogP contribution >= 0.6 is 0 Å². The van der Waals surface area contributed by atoms with Crippen molar-refractivity contribution < 1.29 is 19.1 Å². The van der Waals surface area contributed by atoms with E-state index in [0.717, 1.165) is 0 Å². The second-order valence-electron chi connectivity index (χ2n) is 4.44. The quantitative estimate of drug-likeness (QED) is 0.792. The maximum absolute atomic E-state index is 12.2. The summed E-state index contributed by atoms with van der Waals surface area (Å²) >= 11 is 0. The summed E-state index contributed by atoms with van der Waals surface area (Å²) in [7, 11) is 0. The first-order valence-corrected chi connectivity index (χ1v) is 7.07. The summed E-state index contributed by atoms with van der Waals surface area (Å²) in [5.41, 5.74) is 0.445. The minimum atomic E-state index is -0.556. The molecule has 8 nitrogen and oxygen atoms in total. The van der Waals surface area contributed by atoms with Crippen molar-refractivity contribution in [1.29, 1.82) is 0 Å². The third kappa shape index (κ3) is 3.60. The number of carbonyl (C=O) groups excluding carboxylic acids is 2. The lowest BCUT2D eigenvalue weighted by atomic mass is 10.3. The molecule has 0 saturated heterocycles. The van der Waals surface area contributed by atoms with Crippen molar-refractivity contribution in [1.82, 2.24) is 9.78 Å². The van der Waals surface area contributed by atoms with E-state index in [-0.39, 0.29) is 18.1 Å². The molecule has 0 spiro atoms. The number of ether oxygens (including phenoxy) is 2. The predicted molar refractivity (Wildman–Crippen MR) is 83.6 cm³/mol. The number of rotatable bonds is 6. The summed E-state index contributed by atoms with van der Waals surface area (Å²) in [5, 5.41) is 5.28. The summed E-state index contributed by atoms with van der Waals surface area (Å²) in [6.07, 6.45) is -0.101. The smallest absolute Gasteiger partial charge is 0.411 e. The fourth-order valence-corrected chi connectivity index (χ4v) is 1.95. The molecule has 1 aromatic carbocycles. The van der Waals surface area contributed by atoms with Crippen molar-refractivity contribution >= 4 is 18.1 Å². The number of H-pyrrole nitrogens is 1. The van der Waals surface area contributed by atoms with Crippen molar-refractivity contribution in [2.75, 3.05) is 18.5 Å². The van der Waals surface area contributed by atoms with Crippen LogP contribution in [-0.2, 0) is 4.74 Å². The molecule has 2 aromatic rings. The molecular weight excluding hydrogens is 302 g/mol. The molecule has 0 saturated carbocycles. The number of hydrogen-bond donors (Lipinski definition) is 2. The molecule has 122 valence electrons. The van der Waals surface area contributed by atoms with Crippen molar-refractivity contribution in [2.24, 2.45) is 0 Å². The molecule has 1 heterocycles. The van der Waals surface area contributed by atoms with Crippen molar-refractivity contribution in [3.8, 4) is 11.6 Å². The molecule has 0 atom stereocenters. The molecular formula is C15H17N3O5. The van der Waals surface area contributed by atoms with Gasteiger partial charge in [-0.05, 0) is 38.1 Å². The molecule has 0 aliphatic rings. The average Bonchev–Trinajstić information content (AvgIpc) is 2.84. The van der Waals surface area contributed by atoms with Crippen LogP contribution in [0.1, 0.15) is 24.2 Å². The number of nitrogens with one attached hydrogen (secondary N) is 2. The van der Waals surface area contributed by atoms with Gasteiger partial charge in [0.15, 0.2) is 6.29 Å². The molecule has 2 N–H and O–H groups in total. The van der Waals surface area contributed by atoms with Crippen molar-refractivity contribution in [3.63, 3.8) is 0 Å². The zero-order valence-electron chi connectivity index (χ0n) is 12.8. The van der Waals surface area contributed by atoms with Crippen LogP contribution in [0.3, 0.4) is 0 Å². The fourth-order valence-electron chi connectivity index (χ4n) is 1.95. The van der Waals surface area contributed by atoms with Gasteiger partial charge in [-0.25, -0.2) is 9.48 Å². The molecule has 1 amide bonds. The highest BCUT2D eigenvalue weighted by molar-refractivity contribution is 5.84. The molecule has 23 heavy (non-hydrogen) atoms. The van der Waals surface area contributed by atoms with E-state index in [2.05, 4.69) is 10.4 Å². The largest absolute Gasteiger partial charge is 0.478 e. The summed E-state index contributed by atoms with van der Waals surface area (Å²) < 4.78 is 11.2. The van der Waals surface area contributed by atoms with Gasteiger partial charge in [-0.2, -0.15) is 0 Å². The Labute approximate surface area is 132 Å². The van der Waals surface area contributed by atoms with E-state index in [1.54, 1.807) is 38.1 Å². The maximum atomic E-state index is 12.2. The lowest BCUT2D eigenvalue weighted by molar-refractivity contribution is 0.111. The molecule has 0 aliphatic carbocycles. The highest BCUT2D eigenvalue weighted by Crippen LogP contribution is 2.15. The van der Waals surface area contributed by atoms with Gasteiger partial charge >= 0.3 is 6.09 Å². The molecule has 0 fully saturated rings. The van der Waals surface area contributed by atoms with E-state index in [1.807, 2.05) is 0 Å². The van der Waals surface area contributed by atoms with Gasteiger partial charge < -0.3 is 9.47 Å². The van der Waals surface area contributed by atoms with E-state index < -0.39 is 11.7 Å². The third-order valence-corrected chi connectivity index (χ3v) is 2.95. The summed E-state index contributed by atoms with van der Waals surface area (Å²) in [6.45, 7) is 4.06. The molecule has 0 radical (unpaired) electrons. The Hall–Kier alpha value is -3.03. The molecule has 0 bridgehead atoms. The SMILES string of the molecule is CCOC(=O)Nc1ccc(-n2[nH]c(OCC)c(C=O)c2=O)cc1. The van der Waals surface area contributed by atoms with E-state index in [0.29, 0.717) is 24.3 Å². The molecule has 8 heteroatoms. The highest BCUT2D eigenvalue weighted by atomic mass is 16.5. The van der Waals surface area contributed by atoms with E-state index in [9.17, 15) is 14.4 Å². The normalized spacial score (nSPS) is 10.2. The number of nitrogens with zero attached hydrogens (tertiary/aromatic N) is 1. The van der Waals surface area contributed by atoms with Gasteiger partial charge in [-0.15, -0.1) is 0 Å². The second-order valence-corrected chi connectivity index (χ2v) is 4.44. The van der Waals surface area contributed by atoms with Crippen LogP contribution in [0, 0.1) is 0 Å². The molecule has 1 aromatic heterocycles. The van der Waals surface area contributed by atoms with Crippen molar-refractivity contribution in [3.05, 3.63) is 40.2 Å². The van der Waals surface area contributed by atoms with Crippen LogP contribution in [0.2, 0.25) is 0 Å². The topological polar surface area (TPSA) is 102 Å². The van der Waals surface area contributed by atoms with Gasteiger partial charge in [0.05, 0.1) is 18.9 Å². The lowest BCUT2D eigenvalue weighted by Crippen LogP contribution is -2.17. The van der Waals surface area contributed by atoms with Gasteiger partial charge in [0.25, 0.3) is 5.56 Å². The van der Waals surface area contributed by atoms with E-state index in [1.165, 1.54) is 4.68 Å². The monoisotopic (exact) mass is 319 g/mol. The summed E-state index contributed by atoms with van der Waals surface area (Å²) in [4.78, 5) is 34.5. The second kappa shape index (κ2) is 7.30. The number of aromatic nitrogens is 2. The number of benzene rings is 1. The average molecular weight is 319 g/mol. The van der Waals surface area contributed by atoms with Gasteiger partial charge in [0.1, 0.15) is 5.56 Å². The molecule has 0 aliphatic heterocycles. The third-order valence-electron chi connectivity index (χ3n) is 2.95. The number of hydrogen-bond acceptors (Lipinski definition) is 5. The Bertz CT molecular complexity index is 745. The predicted octanol–water partition coefficient (Wildman–Crippen LogP) is 1.95. The molecule has 0 unspecified atom stereocenters. The van der Waals surface area contributed by atoms with E-state index >= 15 is 0 Å². The standard InChI is InChI=1S/C15H17N3O5/c1-3-22-13-12(9-19)14(20)18(17-13)11-7-5-10(6-8-11)16-15(21)23-4-2/h5-9,17H,3-4H2,1-2H3,(H,16,21). The van der Waals surface area contributed by atoms with Crippen LogP contribution in [0.5, 0.6) is 5.88 Å². The number of aldehydes is 1. The van der Waals surface area contributed by atoms with Gasteiger partial charge in [0.2, 0.25) is 5.88 Å². The van der Waals surface area contributed by atoms with Crippen LogP contribution in [0.4, 0.5) is 10.5 Å². The van der Waals surface area contributed by atoms with Gasteiger partial charge in [0, 0.05) is 5.69 Å². The van der Waals surface area contributed by atoms with Crippen LogP contribution < -0.4 is 15.6 Å². The Morgan fingerprint density at radius 2 is 1.96 bits per heavy atom. The molecule has 2 rings (SSSR count). The minimum absolute atomic E-state index is 0.0689. The maximum Gasteiger partial charge on any atom is 0.411 e. The Kier molecular flexibility index (Phi) is 5.19. The Morgan fingerprint density at radius 3 is 2.52 bits per heavy atom. The van der Waals surface area contributed by atoms with Crippen LogP contribution in [-0.4, -0.2) is 35.4 Å². The Balaban J connectivity index is 2.27. The first kappa shape index (κ1) is 16.3. The van der Waals surface area contributed by atoms with Crippen LogP contribution in [0.15, 0.2) is 29.1 Å². The number of carbonyl (C=O) groups is 2. The van der Waals surface area contributed by atoms with E-state index in [4.69, 9.17) is 9.47 Å². The lowest BCUT2D eigenvalue weighted by Gasteiger charge is -2.06. The Morgan fingerprint density at radius 1 is 1.26 bits per heavy atom.